The average molecular weight is 521 g/mol. The van der Waals surface area contributed by atoms with Gasteiger partial charge in [-0.25, -0.2) is 0 Å². The molecule has 3 rings (SSSR count). The normalized spacial score (nSPS) is 36.9. The molecule has 0 aromatic carbocycles. The Bertz CT molecular complexity index is 1020. The van der Waals surface area contributed by atoms with Crippen LogP contribution in [0.15, 0.2) is 23.3 Å². The Morgan fingerprint density at radius 2 is 1.38 bits per heavy atom. The molecule has 1 N–H and O–H groups in total. The van der Waals surface area contributed by atoms with Gasteiger partial charge in [-0.3, -0.25) is 19.2 Å². The minimum Gasteiger partial charge on any atom is -0.462 e. The Labute approximate surface area is 218 Å². The molecular weight excluding hydrogens is 480 g/mol. The molecule has 9 nitrogen and oxygen atoms in total. The molecule has 206 valence electrons. The zero-order chi connectivity index (χ0) is 28.0. The largest absolute Gasteiger partial charge is 0.462 e. The van der Waals surface area contributed by atoms with E-state index in [1.807, 2.05) is 27.7 Å². The van der Waals surface area contributed by atoms with Crippen LogP contribution >= 0.6 is 0 Å². The van der Waals surface area contributed by atoms with Crippen LogP contribution in [0.5, 0.6) is 0 Å². The maximum Gasteiger partial charge on any atom is 0.303 e. The van der Waals surface area contributed by atoms with Gasteiger partial charge >= 0.3 is 23.9 Å². The highest BCUT2D eigenvalue weighted by Gasteiger charge is 2.64. The first-order chi connectivity index (χ1) is 17.0. The number of rotatable bonds is 4. The highest BCUT2D eigenvalue weighted by atomic mass is 16.6. The number of carbonyl (C=O) groups is 4. The molecule has 0 amide bonds. The molecule has 0 aromatic heterocycles. The third kappa shape index (κ3) is 5.19. The van der Waals surface area contributed by atoms with Gasteiger partial charge in [-0.1, -0.05) is 27.4 Å². The molecule has 0 saturated heterocycles. The van der Waals surface area contributed by atoms with Crippen molar-refractivity contribution in [2.24, 2.45) is 22.7 Å². The Kier molecular flexibility index (Phi) is 7.99. The third-order valence-electron chi connectivity index (χ3n) is 8.77. The summed E-state index contributed by atoms with van der Waals surface area (Å²) in [6.45, 7) is 17.2. The van der Waals surface area contributed by atoms with Gasteiger partial charge in [-0.05, 0) is 53.7 Å². The number of fused-ring (bicyclic) bond motifs is 3. The van der Waals surface area contributed by atoms with Crippen LogP contribution in [0.4, 0.5) is 0 Å². The predicted octanol–water partition coefficient (Wildman–Crippen LogP) is 3.42. The van der Waals surface area contributed by atoms with Crippen molar-refractivity contribution in [1.82, 2.24) is 0 Å². The summed E-state index contributed by atoms with van der Waals surface area (Å²) in [6, 6.07) is 0. The van der Waals surface area contributed by atoms with Crippen molar-refractivity contribution < 1.29 is 43.2 Å². The first-order valence-corrected chi connectivity index (χ1v) is 12.8. The van der Waals surface area contributed by atoms with Crippen molar-refractivity contribution in [3.8, 4) is 0 Å². The quantitative estimate of drug-likeness (QED) is 0.337. The van der Waals surface area contributed by atoms with Gasteiger partial charge < -0.3 is 24.1 Å². The molecule has 0 heterocycles. The van der Waals surface area contributed by atoms with Crippen LogP contribution in [-0.2, 0) is 38.1 Å². The zero-order valence-corrected chi connectivity index (χ0v) is 23.1. The topological polar surface area (TPSA) is 125 Å². The molecule has 2 bridgehead atoms. The SMILES string of the molecule is C=C1C(O)CC(OC(C)=O)[C@@]2(C)C(OC(C)=O)C(OC(C)=O)C3=C(C)C(OC(C)=O)C[C@@H](C[C@H]12)C3(C)C. The molecule has 9 heteroatoms. The highest BCUT2D eigenvalue weighted by Crippen LogP contribution is 2.60. The van der Waals surface area contributed by atoms with E-state index < -0.39 is 71.1 Å². The lowest BCUT2D eigenvalue weighted by molar-refractivity contribution is -0.211. The van der Waals surface area contributed by atoms with E-state index in [0.29, 0.717) is 18.4 Å². The van der Waals surface area contributed by atoms with Gasteiger partial charge in [0.25, 0.3) is 0 Å². The number of carbonyl (C=O) groups excluding carboxylic acids is 4. The van der Waals surface area contributed by atoms with Crippen LogP contribution in [0, 0.1) is 22.7 Å². The van der Waals surface area contributed by atoms with Crippen molar-refractivity contribution in [3.05, 3.63) is 23.3 Å². The predicted molar refractivity (Wildman–Crippen MR) is 133 cm³/mol. The molecule has 2 fully saturated rings. The molecule has 0 spiro atoms. The Hall–Kier alpha value is -2.68. The lowest BCUT2D eigenvalue weighted by Crippen LogP contribution is -2.64. The summed E-state index contributed by atoms with van der Waals surface area (Å²) in [5, 5.41) is 11.0. The van der Waals surface area contributed by atoms with Gasteiger partial charge in [0, 0.05) is 34.1 Å². The van der Waals surface area contributed by atoms with Crippen molar-refractivity contribution in [3.63, 3.8) is 0 Å². The van der Waals surface area contributed by atoms with E-state index in [-0.39, 0.29) is 12.3 Å². The summed E-state index contributed by atoms with van der Waals surface area (Å²) in [6.07, 6.45) is -3.39. The smallest absolute Gasteiger partial charge is 0.303 e. The van der Waals surface area contributed by atoms with Crippen molar-refractivity contribution in [2.45, 2.75) is 105 Å². The van der Waals surface area contributed by atoms with E-state index in [4.69, 9.17) is 18.9 Å². The molecule has 0 radical (unpaired) electrons. The second-order valence-corrected chi connectivity index (χ2v) is 11.5. The Morgan fingerprint density at radius 3 is 1.89 bits per heavy atom. The van der Waals surface area contributed by atoms with Crippen LogP contribution in [0.25, 0.3) is 0 Å². The second kappa shape index (κ2) is 10.2. The standard InChI is InChI=1S/C28H40O9/c1-13-20-10-19-11-22(34-15(3)29)14(2)24(27(19,7)8)25(36-17(5)31)26(37-18(6)32)28(20,9)23(12-21(13)33)35-16(4)30/h19-23,25-26,33H,1,10-12H2,2-9H3/t19-,20-,21?,22?,23?,25?,26?,28+/m1/s1. The summed E-state index contributed by atoms with van der Waals surface area (Å²) >= 11 is 0. The van der Waals surface area contributed by atoms with E-state index in [1.165, 1.54) is 27.7 Å². The molecule has 0 aromatic rings. The van der Waals surface area contributed by atoms with Gasteiger partial charge in [0.05, 0.1) is 11.5 Å². The van der Waals surface area contributed by atoms with Crippen LogP contribution in [0.3, 0.4) is 0 Å². The van der Waals surface area contributed by atoms with Crippen LogP contribution in [0.2, 0.25) is 0 Å². The third-order valence-corrected chi connectivity index (χ3v) is 8.77. The first kappa shape index (κ1) is 28.9. The number of hydrogen-bond donors (Lipinski definition) is 1. The van der Waals surface area contributed by atoms with E-state index >= 15 is 0 Å². The zero-order valence-electron chi connectivity index (χ0n) is 23.1. The minimum absolute atomic E-state index is 0.0676. The van der Waals surface area contributed by atoms with Crippen molar-refractivity contribution >= 4 is 23.9 Å². The minimum atomic E-state index is -1.08. The fourth-order valence-electron chi connectivity index (χ4n) is 7.01. The molecule has 2 saturated carbocycles. The summed E-state index contributed by atoms with van der Waals surface area (Å²) in [5.74, 6) is -2.70. The lowest BCUT2D eigenvalue weighted by Gasteiger charge is -2.59. The van der Waals surface area contributed by atoms with Gasteiger partial charge in [0.2, 0.25) is 0 Å². The first-order valence-electron chi connectivity index (χ1n) is 12.8. The van der Waals surface area contributed by atoms with E-state index in [2.05, 4.69) is 6.58 Å². The van der Waals surface area contributed by atoms with Gasteiger partial charge in [0.15, 0.2) is 12.2 Å². The number of aliphatic hydroxyl groups is 1. The molecular formula is C28H40O9. The molecule has 37 heavy (non-hydrogen) atoms. The maximum absolute atomic E-state index is 12.5. The fraction of sp³-hybridized carbons (Fsp3) is 0.714. The maximum atomic E-state index is 12.5. The highest BCUT2D eigenvalue weighted by molar-refractivity contribution is 5.69. The summed E-state index contributed by atoms with van der Waals surface area (Å²) in [5.41, 5.74) is 0.358. The number of esters is 4. The van der Waals surface area contributed by atoms with E-state index in [0.717, 1.165) is 11.1 Å². The van der Waals surface area contributed by atoms with Gasteiger partial charge in [-0.2, -0.15) is 0 Å². The van der Waals surface area contributed by atoms with E-state index in [9.17, 15) is 24.3 Å². The molecule has 5 unspecified atom stereocenters. The average Bonchev–Trinajstić information content (AvgIpc) is 2.74. The lowest BCUT2D eigenvalue weighted by atomic mass is 9.49. The molecule has 3 aliphatic rings. The number of hydrogen-bond acceptors (Lipinski definition) is 9. The van der Waals surface area contributed by atoms with Crippen molar-refractivity contribution in [2.75, 3.05) is 0 Å². The fourth-order valence-corrected chi connectivity index (χ4v) is 7.01. The monoisotopic (exact) mass is 520 g/mol. The van der Waals surface area contributed by atoms with E-state index in [1.54, 1.807) is 0 Å². The summed E-state index contributed by atoms with van der Waals surface area (Å²) in [7, 11) is 0. The van der Waals surface area contributed by atoms with Gasteiger partial charge in [0.1, 0.15) is 12.2 Å². The Morgan fingerprint density at radius 1 is 0.838 bits per heavy atom. The van der Waals surface area contributed by atoms with Crippen molar-refractivity contribution in [1.29, 1.82) is 0 Å². The number of ether oxygens (including phenoxy) is 4. The number of aliphatic hydroxyl groups excluding tert-OH is 1. The van der Waals surface area contributed by atoms with Crippen LogP contribution < -0.4 is 0 Å². The summed E-state index contributed by atoms with van der Waals surface area (Å²) < 4.78 is 23.4. The van der Waals surface area contributed by atoms with Crippen LogP contribution in [0.1, 0.15) is 74.7 Å². The Balaban J connectivity index is 2.38. The molecule has 0 aliphatic heterocycles. The molecule has 3 aliphatic carbocycles. The van der Waals surface area contributed by atoms with Crippen LogP contribution in [-0.4, -0.2) is 59.5 Å². The second-order valence-electron chi connectivity index (χ2n) is 11.5. The molecule has 8 atom stereocenters. The van der Waals surface area contributed by atoms with Gasteiger partial charge in [-0.15, -0.1) is 0 Å². The summed E-state index contributed by atoms with van der Waals surface area (Å²) in [4.78, 5) is 49.2.